The fraction of sp³-hybridized carbons (Fsp3) is 0.270. The number of rotatable bonds is 13. The van der Waals surface area contributed by atoms with Gasteiger partial charge in [0, 0.05) is 9.13 Å². The molecule has 0 radical (unpaired) electrons. The van der Waals surface area contributed by atoms with Gasteiger partial charge in [-0.25, -0.2) is 14.6 Å². The summed E-state index contributed by atoms with van der Waals surface area (Å²) < 4.78 is 36.2. The highest BCUT2D eigenvalue weighted by Crippen LogP contribution is 2.37. The molecule has 0 bridgehead atoms. The predicted molar refractivity (Wildman–Crippen MR) is 197 cm³/mol. The monoisotopic (exact) mass is 823 g/mol. The summed E-state index contributed by atoms with van der Waals surface area (Å²) in [5.74, 6) is 0.336. The van der Waals surface area contributed by atoms with Crippen molar-refractivity contribution in [2.45, 2.75) is 33.4 Å². The van der Waals surface area contributed by atoms with Crippen LogP contribution in [0.4, 0.5) is 0 Å². The first-order valence-corrected chi connectivity index (χ1v) is 17.7. The van der Waals surface area contributed by atoms with Crippen molar-refractivity contribution in [2.24, 2.45) is 4.99 Å². The fourth-order valence-corrected chi connectivity index (χ4v) is 7.01. The first-order valence-electron chi connectivity index (χ1n) is 15.8. The van der Waals surface area contributed by atoms with E-state index in [4.69, 9.17) is 33.7 Å². The zero-order valence-corrected chi connectivity index (χ0v) is 31.5. The third kappa shape index (κ3) is 8.26. The van der Waals surface area contributed by atoms with E-state index in [-0.39, 0.29) is 37.8 Å². The second-order valence-corrected chi connectivity index (χ2v) is 13.2. The molecule has 264 valence electrons. The van der Waals surface area contributed by atoms with Gasteiger partial charge in [0.25, 0.3) is 5.56 Å². The third-order valence-corrected chi connectivity index (χ3v) is 9.30. The van der Waals surface area contributed by atoms with E-state index in [0.29, 0.717) is 49.0 Å². The van der Waals surface area contributed by atoms with Gasteiger partial charge < -0.3 is 28.4 Å². The lowest BCUT2D eigenvalue weighted by Gasteiger charge is -2.25. The number of aromatic nitrogens is 1. The Hall–Kier alpha value is -5.14. The van der Waals surface area contributed by atoms with Gasteiger partial charge in [-0.3, -0.25) is 9.36 Å². The number of nitriles is 1. The van der Waals surface area contributed by atoms with Gasteiger partial charge >= 0.3 is 11.9 Å². The number of halogens is 1. The molecular formula is C37H34IN3O9S. The Bertz CT molecular complexity index is 2220. The smallest absolute Gasteiger partial charge is 0.343 e. The topological polar surface area (TPSA) is 148 Å². The number of benzene rings is 3. The number of carbonyl (C=O) groups excluding carboxylic acids is 2. The Morgan fingerprint density at radius 1 is 1.00 bits per heavy atom. The Labute approximate surface area is 311 Å². The molecule has 0 amide bonds. The van der Waals surface area contributed by atoms with Crippen LogP contribution >= 0.6 is 33.9 Å². The first kappa shape index (κ1) is 37.1. The van der Waals surface area contributed by atoms with E-state index in [0.717, 1.165) is 9.13 Å². The van der Waals surface area contributed by atoms with Gasteiger partial charge in [-0.05, 0) is 97.0 Å². The molecule has 3 aromatic carbocycles. The quantitative estimate of drug-likeness (QED) is 0.136. The van der Waals surface area contributed by atoms with Crippen molar-refractivity contribution in [3.63, 3.8) is 0 Å². The molecule has 14 heteroatoms. The number of esters is 2. The second-order valence-electron chi connectivity index (χ2n) is 10.9. The Kier molecular flexibility index (Phi) is 12.2. The lowest BCUT2D eigenvalue weighted by molar-refractivity contribution is -0.143. The van der Waals surface area contributed by atoms with Gasteiger partial charge in [0.15, 0.2) is 34.4 Å². The summed E-state index contributed by atoms with van der Waals surface area (Å²) in [6.45, 7) is 5.47. The highest BCUT2D eigenvalue weighted by molar-refractivity contribution is 14.1. The molecule has 0 saturated heterocycles. The minimum absolute atomic E-state index is 0.122. The van der Waals surface area contributed by atoms with Crippen LogP contribution in [0.15, 0.2) is 75.7 Å². The highest BCUT2D eigenvalue weighted by atomic mass is 127. The lowest BCUT2D eigenvalue weighted by atomic mass is 9.95. The molecule has 0 N–H and O–H groups in total. The average molecular weight is 824 g/mol. The number of fused-ring (bicyclic) bond motifs is 1. The van der Waals surface area contributed by atoms with Crippen LogP contribution in [0, 0.1) is 14.9 Å². The van der Waals surface area contributed by atoms with Crippen molar-refractivity contribution in [1.82, 2.24) is 4.57 Å². The molecule has 0 fully saturated rings. The summed E-state index contributed by atoms with van der Waals surface area (Å²) in [6.07, 6.45) is 1.72. The van der Waals surface area contributed by atoms with Crippen molar-refractivity contribution >= 4 is 51.9 Å². The maximum absolute atomic E-state index is 14.4. The lowest BCUT2D eigenvalue weighted by Crippen LogP contribution is -2.40. The number of ether oxygens (including phenoxy) is 6. The van der Waals surface area contributed by atoms with Crippen molar-refractivity contribution in [1.29, 1.82) is 5.26 Å². The average Bonchev–Trinajstić information content (AvgIpc) is 3.43. The highest BCUT2D eigenvalue weighted by Gasteiger charge is 2.34. The zero-order chi connectivity index (χ0) is 36.7. The van der Waals surface area contributed by atoms with Crippen molar-refractivity contribution in [2.75, 3.05) is 34.0 Å². The minimum Gasteiger partial charge on any atom is -0.493 e. The van der Waals surface area contributed by atoms with E-state index in [1.54, 1.807) is 64.3 Å². The number of nitrogens with zero attached hydrogens (tertiary/aromatic N) is 3. The van der Waals surface area contributed by atoms with Crippen molar-refractivity contribution in [3.05, 3.63) is 111 Å². The second kappa shape index (κ2) is 16.7. The summed E-state index contributed by atoms with van der Waals surface area (Å²) in [5.41, 5.74) is 2.73. The van der Waals surface area contributed by atoms with Crippen LogP contribution in [-0.2, 0) is 25.7 Å². The Balaban J connectivity index is 1.65. The van der Waals surface area contributed by atoms with E-state index in [1.807, 2.05) is 24.3 Å². The molecule has 12 nitrogen and oxygen atoms in total. The molecule has 0 unspecified atom stereocenters. The molecule has 1 aliphatic rings. The van der Waals surface area contributed by atoms with Gasteiger partial charge in [-0.2, -0.15) is 5.26 Å². The van der Waals surface area contributed by atoms with Crippen LogP contribution in [0.5, 0.6) is 23.0 Å². The summed E-state index contributed by atoms with van der Waals surface area (Å²) in [7, 11) is 2.81. The summed E-state index contributed by atoms with van der Waals surface area (Å²) >= 11 is 3.34. The van der Waals surface area contributed by atoms with Crippen LogP contribution in [0.25, 0.3) is 6.08 Å². The predicted octanol–water partition coefficient (Wildman–Crippen LogP) is 4.81. The van der Waals surface area contributed by atoms with Crippen LogP contribution in [0.1, 0.15) is 49.1 Å². The molecule has 51 heavy (non-hydrogen) atoms. The maximum Gasteiger partial charge on any atom is 0.343 e. The SMILES string of the molecule is CCOC(=O)C1=C(C)N=c2s/c(=C/c3cc(I)cc(OC)c3OCc3ccc(C#N)cc3)c(=O)n2[C@H]1c1ccc(OCC(=O)OC)c(OCC)c1. The van der Waals surface area contributed by atoms with Crippen LogP contribution in [-0.4, -0.2) is 50.5 Å². The largest absolute Gasteiger partial charge is 0.493 e. The normalized spacial score (nSPS) is 13.8. The molecule has 4 aromatic rings. The zero-order valence-electron chi connectivity index (χ0n) is 28.5. The van der Waals surface area contributed by atoms with E-state index in [9.17, 15) is 14.4 Å². The molecular weight excluding hydrogens is 789 g/mol. The molecule has 0 spiro atoms. The molecule has 1 aromatic heterocycles. The van der Waals surface area contributed by atoms with Gasteiger partial charge in [-0.1, -0.05) is 29.5 Å². The van der Waals surface area contributed by atoms with Gasteiger partial charge in [0.2, 0.25) is 0 Å². The van der Waals surface area contributed by atoms with E-state index >= 15 is 0 Å². The van der Waals surface area contributed by atoms with E-state index < -0.39 is 23.5 Å². The molecule has 1 aliphatic heterocycles. The number of allylic oxidation sites excluding steroid dienone is 1. The molecule has 5 rings (SSSR count). The third-order valence-electron chi connectivity index (χ3n) is 7.69. The number of methoxy groups -OCH3 is 2. The van der Waals surface area contributed by atoms with Gasteiger partial charge in [0.1, 0.15) is 6.61 Å². The number of hydrogen-bond donors (Lipinski definition) is 0. The van der Waals surface area contributed by atoms with Crippen LogP contribution < -0.4 is 33.8 Å². The molecule has 2 heterocycles. The van der Waals surface area contributed by atoms with Gasteiger partial charge in [-0.15, -0.1) is 0 Å². The summed E-state index contributed by atoms with van der Waals surface area (Å²) in [5, 5.41) is 9.16. The molecule has 0 aliphatic carbocycles. The number of thiazole rings is 1. The van der Waals surface area contributed by atoms with Crippen LogP contribution in [0.2, 0.25) is 0 Å². The first-order chi connectivity index (χ1) is 24.6. The minimum atomic E-state index is -0.922. The van der Waals surface area contributed by atoms with Gasteiger partial charge in [0.05, 0.1) is 60.9 Å². The Morgan fingerprint density at radius 2 is 1.76 bits per heavy atom. The number of hydrogen-bond acceptors (Lipinski definition) is 12. The summed E-state index contributed by atoms with van der Waals surface area (Å²) in [4.78, 5) is 44.7. The fourth-order valence-electron chi connectivity index (χ4n) is 5.36. The summed E-state index contributed by atoms with van der Waals surface area (Å²) in [6, 6.07) is 17.0. The van der Waals surface area contributed by atoms with Crippen molar-refractivity contribution in [3.8, 4) is 29.1 Å². The maximum atomic E-state index is 14.4. The standard InChI is InChI=1S/C37H34IN3O9S/c1-6-47-28-15-24(12-13-27(28)49-20-31(42)46-5)33-32(36(44)48-7-2)21(3)40-37-41(33)35(43)30(51-37)16-25-14-26(38)17-29(45-4)34(25)50-19-23-10-8-22(18-39)9-11-23/h8-17,33H,6-7,19-20H2,1-5H3/b30-16+/t33-/m0/s1. The molecule has 0 saturated carbocycles. The van der Waals surface area contributed by atoms with Crippen molar-refractivity contribution < 1.29 is 38.0 Å². The Morgan fingerprint density at radius 3 is 2.43 bits per heavy atom. The number of carbonyl (C=O) groups is 2. The van der Waals surface area contributed by atoms with E-state index in [1.165, 1.54) is 23.0 Å². The van der Waals surface area contributed by atoms with E-state index in [2.05, 4.69) is 33.7 Å². The van der Waals surface area contributed by atoms with Crippen LogP contribution in [0.3, 0.4) is 0 Å². The molecule has 1 atom stereocenters.